The van der Waals surface area contributed by atoms with Gasteiger partial charge in [0.1, 0.15) is 17.9 Å². The van der Waals surface area contributed by atoms with E-state index in [1.54, 1.807) is 19.6 Å². The number of anilines is 3. The van der Waals surface area contributed by atoms with E-state index in [0.29, 0.717) is 31.5 Å². The average molecular weight is 394 g/mol. The van der Waals surface area contributed by atoms with Gasteiger partial charge >= 0.3 is 0 Å². The lowest BCUT2D eigenvalue weighted by Gasteiger charge is -2.50. The van der Waals surface area contributed by atoms with Crippen LogP contribution in [-0.4, -0.2) is 59.0 Å². The van der Waals surface area contributed by atoms with Gasteiger partial charge in [-0.2, -0.15) is 4.98 Å². The molecule has 0 radical (unpaired) electrons. The number of nitrogens with zero attached hydrogens (tertiary/aromatic N) is 5. The van der Waals surface area contributed by atoms with Crippen molar-refractivity contribution in [1.82, 2.24) is 19.5 Å². The van der Waals surface area contributed by atoms with Gasteiger partial charge in [-0.25, -0.2) is 9.97 Å². The first-order valence-electron chi connectivity index (χ1n) is 9.35. The number of aryl methyl sites for hydroxylation is 1. The number of benzene rings is 1. The van der Waals surface area contributed by atoms with E-state index in [0.717, 1.165) is 28.6 Å². The summed E-state index contributed by atoms with van der Waals surface area (Å²) in [6, 6.07) is 5.84. The monoisotopic (exact) mass is 394 g/mol. The SMILES string of the molecule is COc1cc(Nc2ncc3c(n2)N(C)C2(COC2)CO3)ccc1-n1cnc(C)c1. The lowest BCUT2D eigenvalue weighted by Crippen LogP contribution is -2.66. The number of fused-ring (bicyclic) bond motifs is 1. The van der Waals surface area contributed by atoms with Crippen LogP contribution in [0.5, 0.6) is 11.5 Å². The first-order chi connectivity index (χ1) is 14.1. The molecular formula is C20H22N6O3. The Bertz CT molecular complexity index is 1060. The summed E-state index contributed by atoms with van der Waals surface area (Å²) < 4.78 is 18.8. The minimum Gasteiger partial charge on any atom is -0.494 e. The van der Waals surface area contributed by atoms with Crippen LogP contribution in [0.1, 0.15) is 5.69 Å². The third-order valence-corrected chi connectivity index (χ3v) is 5.43. The molecule has 2 aliphatic heterocycles. The maximum Gasteiger partial charge on any atom is 0.229 e. The summed E-state index contributed by atoms with van der Waals surface area (Å²) in [5, 5.41) is 3.26. The highest BCUT2D eigenvalue weighted by Gasteiger charge is 2.47. The Morgan fingerprint density at radius 2 is 2.07 bits per heavy atom. The Morgan fingerprint density at radius 3 is 2.76 bits per heavy atom. The molecule has 0 saturated carbocycles. The highest BCUT2D eigenvalue weighted by Crippen LogP contribution is 2.39. The van der Waals surface area contributed by atoms with Crippen LogP contribution < -0.4 is 19.7 Å². The van der Waals surface area contributed by atoms with Gasteiger partial charge in [-0.05, 0) is 19.1 Å². The van der Waals surface area contributed by atoms with Crippen molar-refractivity contribution in [2.24, 2.45) is 0 Å². The van der Waals surface area contributed by atoms with E-state index in [2.05, 4.69) is 25.2 Å². The van der Waals surface area contributed by atoms with Gasteiger partial charge in [-0.1, -0.05) is 0 Å². The molecule has 0 atom stereocenters. The van der Waals surface area contributed by atoms with E-state index >= 15 is 0 Å². The highest BCUT2D eigenvalue weighted by molar-refractivity contribution is 5.64. The molecule has 5 rings (SSSR count). The van der Waals surface area contributed by atoms with Crippen molar-refractivity contribution in [1.29, 1.82) is 0 Å². The maximum absolute atomic E-state index is 5.86. The summed E-state index contributed by atoms with van der Waals surface area (Å²) in [5.41, 5.74) is 2.54. The minimum atomic E-state index is -0.133. The molecule has 1 aromatic carbocycles. The standard InChI is InChI=1S/C20H22N6O3/c1-13-8-26(12-22-13)15-5-4-14(6-16(15)27-3)23-19-21-7-17-18(24-19)25(2)20(11-29-17)9-28-10-20/h4-8,12H,9-11H2,1-3H3,(H,21,23,24). The minimum absolute atomic E-state index is 0.133. The second-order valence-electron chi connectivity index (χ2n) is 7.38. The first-order valence-corrected chi connectivity index (χ1v) is 9.35. The van der Waals surface area contributed by atoms with Crippen molar-refractivity contribution in [2.75, 3.05) is 44.2 Å². The summed E-state index contributed by atoms with van der Waals surface area (Å²) >= 11 is 0. The molecule has 3 aromatic rings. The average Bonchev–Trinajstić information content (AvgIpc) is 3.13. The number of ether oxygens (including phenoxy) is 3. The number of hydrogen-bond donors (Lipinski definition) is 1. The fourth-order valence-corrected chi connectivity index (χ4v) is 3.56. The van der Waals surface area contributed by atoms with E-state index in [4.69, 9.17) is 14.2 Å². The van der Waals surface area contributed by atoms with Crippen molar-refractivity contribution in [3.8, 4) is 17.2 Å². The molecule has 2 aromatic heterocycles. The van der Waals surface area contributed by atoms with Crippen molar-refractivity contribution >= 4 is 17.5 Å². The Kier molecular flexibility index (Phi) is 4.06. The first kappa shape index (κ1) is 17.7. The van der Waals surface area contributed by atoms with Crippen LogP contribution in [0.15, 0.2) is 36.9 Å². The molecule has 0 amide bonds. The summed E-state index contributed by atoms with van der Waals surface area (Å²) in [6.07, 6.45) is 5.42. The molecule has 0 aliphatic carbocycles. The van der Waals surface area contributed by atoms with Crippen molar-refractivity contribution in [3.63, 3.8) is 0 Å². The number of likely N-dealkylation sites (N-methyl/N-ethyl adjacent to an activating group) is 1. The fourth-order valence-electron chi connectivity index (χ4n) is 3.56. The van der Waals surface area contributed by atoms with Gasteiger partial charge in [0.05, 0.1) is 44.2 Å². The third kappa shape index (κ3) is 2.94. The molecule has 1 fully saturated rings. The van der Waals surface area contributed by atoms with Crippen molar-refractivity contribution in [3.05, 3.63) is 42.6 Å². The zero-order valence-electron chi connectivity index (χ0n) is 16.5. The molecule has 0 bridgehead atoms. The van der Waals surface area contributed by atoms with E-state index in [-0.39, 0.29) is 5.54 Å². The molecule has 150 valence electrons. The van der Waals surface area contributed by atoms with Gasteiger partial charge < -0.3 is 29.0 Å². The van der Waals surface area contributed by atoms with Crippen molar-refractivity contribution < 1.29 is 14.2 Å². The molecule has 1 spiro atoms. The predicted octanol–water partition coefficient (Wildman–Crippen LogP) is 2.32. The quantitative estimate of drug-likeness (QED) is 0.722. The van der Waals surface area contributed by atoms with Crippen LogP contribution in [0.4, 0.5) is 17.5 Å². The van der Waals surface area contributed by atoms with Gasteiger partial charge in [-0.3, -0.25) is 0 Å². The number of aromatic nitrogens is 4. The maximum atomic E-state index is 5.86. The molecule has 9 heteroatoms. The third-order valence-electron chi connectivity index (χ3n) is 5.43. The normalized spacial score (nSPS) is 16.7. The molecule has 1 saturated heterocycles. The lowest BCUT2D eigenvalue weighted by molar-refractivity contribution is -0.0796. The molecular weight excluding hydrogens is 372 g/mol. The number of hydrogen-bond acceptors (Lipinski definition) is 8. The molecule has 1 N–H and O–H groups in total. The van der Waals surface area contributed by atoms with Gasteiger partial charge in [0.15, 0.2) is 11.6 Å². The van der Waals surface area contributed by atoms with Gasteiger partial charge in [0.25, 0.3) is 0 Å². The van der Waals surface area contributed by atoms with Gasteiger partial charge in [0, 0.05) is 25.0 Å². The fraction of sp³-hybridized carbons (Fsp3) is 0.350. The number of imidazole rings is 1. The molecule has 9 nitrogen and oxygen atoms in total. The van der Waals surface area contributed by atoms with Crippen LogP contribution in [0.3, 0.4) is 0 Å². The number of rotatable bonds is 4. The molecule has 4 heterocycles. The largest absolute Gasteiger partial charge is 0.494 e. The van der Waals surface area contributed by atoms with E-state index in [9.17, 15) is 0 Å². The Morgan fingerprint density at radius 1 is 1.21 bits per heavy atom. The zero-order valence-corrected chi connectivity index (χ0v) is 16.5. The smallest absolute Gasteiger partial charge is 0.229 e. The molecule has 2 aliphatic rings. The van der Waals surface area contributed by atoms with Crippen LogP contribution in [0.25, 0.3) is 5.69 Å². The van der Waals surface area contributed by atoms with Crippen LogP contribution in [-0.2, 0) is 4.74 Å². The Labute approximate surface area is 168 Å². The number of methoxy groups -OCH3 is 1. The van der Waals surface area contributed by atoms with Crippen LogP contribution in [0.2, 0.25) is 0 Å². The van der Waals surface area contributed by atoms with E-state index in [1.807, 2.05) is 42.9 Å². The van der Waals surface area contributed by atoms with Gasteiger partial charge in [0.2, 0.25) is 5.95 Å². The summed E-state index contributed by atoms with van der Waals surface area (Å²) in [6.45, 7) is 3.82. The topological polar surface area (TPSA) is 86.6 Å². The Balaban J connectivity index is 1.42. The number of nitrogens with one attached hydrogen (secondary N) is 1. The second kappa shape index (κ2) is 6.63. The van der Waals surface area contributed by atoms with Gasteiger partial charge in [-0.15, -0.1) is 0 Å². The van der Waals surface area contributed by atoms with Crippen LogP contribution >= 0.6 is 0 Å². The Hall–Kier alpha value is -3.33. The molecule has 0 unspecified atom stereocenters. The van der Waals surface area contributed by atoms with E-state index in [1.165, 1.54) is 0 Å². The summed E-state index contributed by atoms with van der Waals surface area (Å²) in [4.78, 5) is 15.5. The second-order valence-corrected chi connectivity index (χ2v) is 7.38. The summed E-state index contributed by atoms with van der Waals surface area (Å²) in [7, 11) is 3.67. The molecule has 29 heavy (non-hydrogen) atoms. The van der Waals surface area contributed by atoms with E-state index < -0.39 is 0 Å². The zero-order chi connectivity index (χ0) is 20.0. The predicted molar refractivity (Wildman–Crippen MR) is 108 cm³/mol. The van der Waals surface area contributed by atoms with Crippen molar-refractivity contribution in [2.45, 2.75) is 12.5 Å². The highest BCUT2D eigenvalue weighted by atomic mass is 16.5. The van der Waals surface area contributed by atoms with Crippen LogP contribution in [0, 0.1) is 6.92 Å². The summed E-state index contributed by atoms with van der Waals surface area (Å²) in [5.74, 6) is 2.65. The lowest BCUT2D eigenvalue weighted by atomic mass is 9.95.